The van der Waals surface area contributed by atoms with Crippen LogP contribution < -0.4 is 16.7 Å². The van der Waals surface area contributed by atoms with Gasteiger partial charge in [0.25, 0.3) is 0 Å². The molecule has 36 heavy (non-hydrogen) atoms. The van der Waals surface area contributed by atoms with Crippen LogP contribution in [0.5, 0.6) is 0 Å². The first kappa shape index (κ1) is 29.8. The van der Waals surface area contributed by atoms with Crippen LogP contribution in [0.3, 0.4) is 0 Å². The average molecular weight is 557 g/mol. The van der Waals surface area contributed by atoms with Crippen molar-refractivity contribution in [2.45, 2.75) is 31.4 Å². The first-order valence-corrected chi connectivity index (χ1v) is 13.8. The number of amides is 2. The normalized spacial score (nSPS) is 15.3. The molecular formula is C25H31Cl2N3O5S. The fraction of sp³-hybridized carbons (Fsp3) is 0.360. The molecule has 0 aliphatic carbocycles. The Morgan fingerprint density at radius 1 is 1.06 bits per heavy atom. The maximum atomic E-state index is 13.7. The van der Waals surface area contributed by atoms with E-state index < -0.39 is 38.2 Å². The third-order valence-electron chi connectivity index (χ3n) is 6.09. The Bertz CT molecular complexity index is 1190. The minimum Gasteiger partial charge on any atom is -0.294 e. The van der Waals surface area contributed by atoms with Gasteiger partial charge in [-0.2, -0.15) is 0 Å². The smallest absolute Gasteiger partial charge is 0.249 e. The van der Waals surface area contributed by atoms with E-state index in [1.54, 1.807) is 60.1 Å². The summed E-state index contributed by atoms with van der Waals surface area (Å²) in [6, 6.07) is 13.6. The zero-order chi connectivity index (χ0) is 27.1. The van der Waals surface area contributed by atoms with Crippen LogP contribution in [0.15, 0.2) is 54.6 Å². The fourth-order valence-corrected chi connectivity index (χ4v) is 6.35. The van der Waals surface area contributed by atoms with Crippen LogP contribution in [-0.4, -0.2) is 36.4 Å². The van der Waals surface area contributed by atoms with E-state index in [0.717, 1.165) is 6.26 Å². The van der Waals surface area contributed by atoms with Crippen molar-refractivity contribution < 1.29 is 23.2 Å². The topological polar surface area (TPSA) is 139 Å². The van der Waals surface area contributed by atoms with Crippen molar-refractivity contribution in [2.24, 2.45) is 23.6 Å². The van der Waals surface area contributed by atoms with Gasteiger partial charge in [0.1, 0.15) is 4.75 Å². The molecule has 0 spiro atoms. The third kappa shape index (κ3) is 6.86. The molecule has 0 saturated carbocycles. The SMILES string of the molecule is CC(C)C[C@@H](C(=O)NN)[C@@H](C(=O)NO)C(/C=C/c1ccccc1)(Cc1c(Cl)cccc1Cl)S(C)(=O)=O. The first-order valence-electron chi connectivity index (χ1n) is 11.2. The van der Waals surface area contributed by atoms with Crippen molar-refractivity contribution in [1.82, 2.24) is 10.9 Å². The molecule has 0 aliphatic heterocycles. The molecule has 8 nitrogen and oxygen atoms in total. The van der Waals surface area contributed by atoms with Gasteiger partial charge >= 0.3 is 0 Å². The Balaban J connectivity index is 2.96. The summed E-state index contributed by atoms with van der Waals surface area (Å²) < 4.78 is 25.3. The van der Waals surface area contributed by atoms with Crippen molar-refractivity contribution >= 4 is 50.9 Å². The van der Waals surface area contributed by atoms with Crippen LogP contribution >= 0.6 is 23.2 Å². The Labute approximate surface area is 221 Å². The number of hydroxylamine groups is 1. The van der Waals surface area contributed by atoms with Crippen molar-refractivity contribution in [3.8, 4) is 0 Å². The number of hydrogen-bond acceptors (Lipinski definition) is 6. The lowest BCUT2D eigenvalue weighted by atomic mass is 9.73. The van der Waals surface area contributed by atoms with Gasteiger partial charge in [-0.1, -0.05) is 85.6 Å². The predicted octanol–water partition coefficient (Wildman–Crippen LogP) is 3.81. The summed E-state index contributed by atoms with van der Waals surface area (Å²) in [5.74, 6) is 0.687. The second-order valence-corrected chi connectivity index (χ2v) is 12.2. The summed E-state index contributed by atoms with van der Waals surface area (Å²) in [4.78, 5) is 26.2. The number of hydrazine groups is 1. The van der Waals surface area contributed by atoms with Gasteiger partial charge in [-0.25, -0.2) is 19.7 Å². The monoisotopic (exact) mass is 555 g/mol. The molecule has 0 aliphatic rings. The van der Waals surface area contributed by atoms with Crippen molar-refractivity contribution in [1.29, 1.82) is 0 Å². The van der Waals surface area contributed by atoms with Gasteiger partial charge in [-0.05, 0) is 42.0 Å². The zero-order valence-electron chi connectivity index (χ0n) is 20.2. The maximum absolute atomic E-state index is 13.7. The molecule has 0 fully saturated rings. The third-order valence-corrected chi connectivity index (χ3v) is 8.71. The Kier molecular flexibility index (Phi) is 10.5. The number of nitrogens with two attached hydrogens (primary N) is 1. The summed E-state index contributed by atoms with van der Waals surface area (Å²) in [5.41, 5.74) is 4.54. The molecule has 1 unspecified atom stereocenters. The van der Waals surface area contributed by atoms with E-state index in [2.05, 4.69) is 0 Å². The highest BCUT2D eigenvalue weighted by Gasteiger charge is 2.54. The number of hydrogen-bond donors (Lipinski definition) is 4. The number of halogens is 2. The summed E-state index contributed by atoms with van der Waals surface area (Å²) in [6.07, 6.45) is 3.65. The second-order valence-electron chi connectivity index (χ2n) is 9.05. The Hall–Kier alpha value is -2.43. The number of rotatable bonds is 11. The van der Waals surface area contributed by atoms with Crippen molar-refractivity contribution in [3.05, 3.63) is 75.8 Å². The molecule has 2 aromatic carbocycles. The van der Waals surface area contributed by atoms with E-state index in [4.69, 9.17) is 29.0 Å². The highest BCUT2D eigenvalue weighted by Crippen LogP contribution is 2.42. The molecule has 2 rings (SSSR count). The van der Waals surface area contributed by atoms with Gasteiger partial charge in [0.15, 0.2) is 9.84 Å². The maximum Gasteiger partial charge on any atom is 0.249 e. The molecule has 0 aromatic heterocycles. The molecule has 2 amide bonds. The van der Waals surface area contributed by atoms with Crippen molar-refractivity contribution in [3.63, 3.8) is 0 Å². The molecule has 0 heterocycles. The molecule has 0 radical (unpaired) electrons. The van der Waals surface area contributed by atoms with Crippen LogP contribution in [0.4, 0.5) is 0 Å². The Morgan fingerprint density at radius 2 is 1.64 bits per heavy atom. The molecule has 2 aromatic rings. The molecule has 11 heteroatoms. The molecule has 196 valence electrons. The molecule has 3 atom stereocenters. The summed E-state index contributed by atoms with van der Waals surface area (Å²) >= 11 is 12.8. The number of carbonyl (C=O) groups is 2. The highest BCUT2D eigenvalue weighted by molar-refractivity contribution is 7.92. The lowest BCUT2D eigenvalue weighted by Gasteiger charge is -2.40. The quantitative estimate of drug-likeness (QED) is 0.144. The van der Waals surface area contributed by atoms with Gasteiger partial charge in [-0.15, -0.1) is 0 Å². The number of benzene rings is 2. The van der Waals surface area contributed by atoms with Crippen LogP contribution in [0, 0.1) is 17.8 Å². The largest absolute Gasteiger partial charge is 0.294 e. The second kappa shape index (κ2) is 12.7. The fourth-order valence-electron chi connectivity index (χ4n) is 4.36. The van der Waals surface area contributed by atoms with Crippen LogP contribution in [0.1, 0.15) is 31.4 Å². The first-order chi connectivity index (χ1) is 16.9. The van der Waals surface area contributed by atoms with Gasteiger partial charge in [-0.3, -0.25) is 20.2 Å². The van der Waals surface area contributed by atoms with E-state index in [1.807, 2.05) is 19.3 Å². The minimum absolute atomic E-state index is 0.105. The molecule has 5 N–H and O–H groups in total. The number of carbonyl (C=O) groups excluding carboxylic acids is 2. The van der Waals surface area contributed by atoms with Gasteiger partial charge in [0.05, 0.1) is 11.8 Å². The molecule has 0 saturated heterocycles. The summed E-state index contributed by atoms with van der Waals surface area (Å²) in [5, 5.41) is 10.1. The minimum atomic E-state index is -4.20. The van der Waals surface area contributed by atoms with Crippen LogP contribution in [0.2, 0.25) is 10.0 Å². The van der Waals surface area contributed by atoms with E-state index in [1.165, 1.54) is 6.08 Å². The standard InChI is InChI=1S/C25H31Cl2N3O5S/c1-16(2)14-18(23(31)29-28)22(24(32)30-33)25(36(3,34)35,13-12-17-8-5-4-6-9-17)15-19-20(26)10-7-11-21(19)27/h4-13,16,18,22,33H,14-15,28H2,1-3H3,(H,29,31)(H,30,32)/b13-12+/t18-,22+,25?/m1/s1. The lowest BCUT2D eigenvalue weighted by molar-refractivity contribution is -0.141. The highest BCUT2D eigenvalue weighted by atomic mass is 35.5. The number of nitrogens with one attached hydrogen (secondary N) is 2. The average Bonchev–Trinajstić information content (AvgIpc) is 2.82. The summed E-state index contributed by atoms with van der Waals surface area (Å²) in [6.45, 7) is 3.63. The van der Waals surface area contributed by atoms with E-state index in [0.29, 0.717) is 5.56 Å². The van der Waals surface area contributed by atoms with E-state index in [9.17, 15) is 23.2 Å². The van der Waals surface area contributed by atoms with Gasteiger partial charge in [0.2, 0.25) is 11.8 Å². The van der Waals surface area contributed by atoms with Crippen molar-refractivity contribution in [2.75, 3.05) is 6.26 Å². The van der Waals surface area contributed by atoms with Crippen LogP contribution in [0.25, 0.3) is 6.08 Å². The Morgan fingerprint density at radius 3 is 2.11 bits per heavy atom. The molecular weight excluding hydrogens is 525 g/mol. The summed E-state index contributed by atoms with van der Waals surface area (Å²) in [7, 11) is -4.20. The van der Waals surface area contributed by atoms with E-state index >= 15 is 0 Å². The number of sulfone groups is 1. The lowest BCUT2D eigenvalue weighted by Crippen LogP contribution is -2.58. The zero-order valence-corrected chi connectivity index (χ0v) is 22.6. The van der Waals surface area contributed by atoms with Gasteiger partial charge < -0.3 is 0 Å². The predicted molar refractivity (Wildman–Crippen MR) is 142 cm³/mol. The van der Waals surface area contributed by atoms with E-state index in [-0.39, 0.29) is 34.4 Å². The van der Waals surface area contributed by atoms with Gasteiger partial charge in [0, 0.05) is 16.3 Å². The molecule has 0 bridgehead atoms. The van der Waals surface area contributed by atoms with Crippen LogP contribution in [-0.2, 0) is 25.8 Å².